The number of rotatable bonds is 8. The number of amides is 2. The number of pyridine rings is 1. The van der Waals surface area contributed by atoms with Gasteiger partial charge in [-0.2, -0.15) is 0 Å². The predicted octanol–water partition coefficient (Wildman–Crippen LogP) is 7.22. The molecule has 4 aromatic carbocycles. The van der Waals surface area contributed by atoms with E-state index in [9.17, 15) is 14.4 Å². The highest BCUT2D eigenvalue weighted by Gasteiger charge is 2.47. The molecular formula is C46H43N5O8. The smallest absolute Gasteiger partial charge is 0.357 e. The number of nitrogens with zero attached hydrogens (tertiary/aromatic N) is 3. The van der Waals surface area contributed by atoms with Crippen molar-refractivity contribution in [2.24, 2.45) is 0 Å². The minimum atomic E-state index is -0.511. The molecule has 59 heavy (non-hydrogen) atoms. The zero-order chi connectivity index (χ0) is 40.8. The van der Waals surface area contributed by atoms with E-state index in [-0.39, 0.29) is 49.6 Å². The quantitative estimate of drug-likeness (QED) is 0.152. The first-order chi connectivity index (χ1) is 28.7. The van der Waals surface area contributed by atoms with E-state index in [1.807, 2.05) is 98.8 Å². The number of aromatic amines is 2. The van der Waals surface area contributed by atoms with Gasteiger partial charge in [-0.1, -0.05) is 54.6 Å². The van der Waals surface area contributed by atoms with Gasteiger partial charge in [0.05, 0.1) is 37.0 Å². The normalized spacial score (nSPS) is 17.0. The van der Waals surface area contributed by atoms with Gasteiger partial charge >= 0.3 is 5.97 Å². The number of fused-ring (bicyclic) bond motifs is 8. The Morgan fingerprint density at radius 2 is 1.66 bits per heavy atom. The summed E-state index contributed by atoms with van der Waals surface area (Å²) in [6.07, 6.45) is 1.94. The van der Waals surface area contributed by atoms with Crippen LogP contribution < -0.4 is 14.2 Å². The van der Waals surface area contributed by atoms with Gasteiger partial charge in [0, 0.05) is 59.0 Å². The summed E-state index contributed by atoms with van der Waals surface area (Å²) in [5, 5.41) is 2.94. The van der Waals surface area contributed by atoms with Crippen LogP contribution in [0.2, 0.25) is 0 Å². The number of aromatic nitrogens is 3. The van der Waals surface area contributed by atoms with Crippen LogP contribution in [0.15, 0.2) is 97.2 Å². The fraction of sp³-hybridized carbons (Fsp3) is 0.261. The molecule has 0 unspecified atom stereocenters. The molecule has 13 nitrogen and oxygen atoms in total. The summed E-state index contributed by atoms with van der Waals surface area (Å²) in [4.78, 5) is 53.2. The molecule has 2 N–H and O–H groups in total. The van der Waals surface area contributed by atoms with E-state index in [1.54, 1.807) is 25.3 Å². The van der Waals surface area contributed by atoms with Crippen LogP contribution in [-0.2, 0) is 38.7 Å². The summed E-state index contributed by atoms with van der Waals surface area (Å²) < 4.78 is 27.8. The van der Waals surface area contributed by atoms with Gasteiger partial charge in [-0.05, 0) is 66.9 Å². The molecule has 0 saturated carbocycles. The molecule has 3 aromatic heterocycles. The second kappa shape index (κ2) is 15.5. The minimum Gasteiger partial charge on any atom is -0.489 e. The molecule has 2 amide bonds. The number of likely N-dealkylation sites (N-methyl/N-ethyl adjacent to an activating group) is 1. The molecule has 300 valence electrons. The van der Waals surface area contributed by atoms with Crippen molar-refractivity contribution < 1.29 is 38.1 Å². The molecule has 0 radical (unpaired) electrons. The van der Waals surface area contributed by atoms with Gasteiger partial charge in [0.15, 0.2) is 17.2 Å². The maximum Gasteiger partial charge on any atom is 0.357 e. The third kappa shape index (κ3) is 6.97. The van der Waals surface area contributed by atoms with E-state index in [0.717, 1.165) is 60.8 Å². The highest BCUT2D eigenvalue weighted by atomic mass is 16.7. The molecular weight excluding hydrogens is 751 g/mol. The van der Waals surface area contributed by atoms with Gasteiger partial charge in [0.25, 0.3) is 0 Å². The molecule has 0 aliphatic carbocycles. The third-order valence-electron chi connectivity index (χ3n) is 10.9. The number of ether oxygens (including phenoxy) is 5. The average Bonchev–Trinajstić information content (AvgIpc) is 3.97. The first-order valence-electron chi connectivity index (χ1n) is 19.5. The number of nitrogens with one attached hydrogen (secondary N) is 2. The van der Waals surface area contributed by atoms with Crippen LogP contribution in [0, 0.1) is 0 Å². The number of methoxy groups -OCH3 is 1. The lowest BCUT2D eigenvalue weighted by Crippen LogP contribution is -2.62. The molecule has 10 rings (SSSR count). The summed E-state index contributed by atoms with van der Waals surface area (Å²) >= 11 is 0. The zero-order valence-corrected chi connectivity index (χ0v) is 33.1. The SMILES string of the molecule is CN1CC(=O)N2[C@H](c3ccc4c(c3)OCO4)c3[nH]c4ccccc4c3C[C@@H]2C1=O.COCc1c(C(=O)OC(C)C)ncc2[nH]c3ccc(OCc4ccccc4)cc3c12. The van der Waals surface area contributed by atoms with Gasteiger partial charge in [0.1, 0.15) is 18.4 Å². The highest BCUT2D eigenvalue weighted by molar-refractivity contribution is 6.11. The number of benzene rings is 4. The van der Waals surface area contributed by atoms with Crippen LogP contribution >= 0.6 is 0 Å². The number of hydrogen-bond acceptors (Lipinski definition) is 9. The summed E-state index contributed by atoms with van der Waals surface area (Å²) in [6.45, 7) is 4.63. The zero-order valence-electron chi connectivity index (χ0n) is 33.1. The van der Waals surface area contributed by atoms with Crippen molar-refractivity contribution >= 4 is 50.5 Å². The Bertz CT molecular complexity index is 2740. The van der Waals surface area contributed by atoms with Crippen LogP contribution in [0.5, 0.6) is 17.2 Å². The molecule has 3 aliphatic rings. The number of esters is 1. The molecule has 6 heterocycles. The molecule has 13 heteroatoms. The van der Waals surface area contributed by atoms with Crippen molar-refractivity contribution in [3.05, 3.63) is 131 Å². The Morgan fingerprint density at radius 3 is 2.47 bits per heavy atom. The monoisotopic (exact) mass is 793 g/mol. The van der Waals surface area contributed by atoms with Crippen molar-refractivity contribution in [2.75, 3.05) is 27.5 Å². The Labute approximate surface area is 339 Å². The number of carbonyl (C=O) groups excluding carboxylic acids is 3. The number of H-pyrrole nitrogens is 2. The van der Waals surface area contributed by atoms with E-state index in [0.29, 0.717) is 30.1 Å². The Hall–Kier alpha value is -6.86. The summed E-state index contributed by atoms with van der Waals surface area (Å²) in [5.74, 6) is 1.58. The molecule has 2 atom stereocenters. The second-order valence-corrected chi connectivity index (χ2v) is 15.2. The average molecular weight is 794 g/mol. The molecule has 0 bridgehead atoms. The standard InChI is InChI=1S/C24H24N2O4.C22H19N3O4/c1-15(2)30-24(27)23-19(14-28-3)22-18-11-17(29-13-16-7-5-4-6-8-16)9-10-20(18)26-21(22)12-25-23;1-24-10-19(26)25-16(22(24)27)9-14-13-4-2-3-5-15(13)23-20(14)21(25)12-6-7-17-18(8-12)29-11-28-17/h4-12,15,26H,13-14H2,1-3H3;2-8,16,21,23H,9-11H2,1H3/t;16-,21-/m.1/s1. The summed E-state index contributed by atoms with van der Waals surface area (Å²) in [6, 6.07) is 28.8. The third-order valence-corrected chi connectivity index (χ3v) is 10.9. The molecule has 3 aliphatic heterocycles. The molecule has 1 fully saturated rings. The topological polar surface area (TPSA) is 148 Å². The molecule has 7 aromatic rings. The van der Waals surface area contributed by atoms with E-state index < -0.39 is 12.0 Å². The highest BCUT2D eigenvalue weighted by Crippen LogP contribution is 2.45. The second-order valence-electron chi connectivity index (χ2n) is 15.2. The number of carbonyl (C=O) groups is 3. The van der Waals surface area contributed by atoms with E-state index in [4.69, 9.17) is 23.7 Å². The Kier molecular flexibility index (Phi) is 9.89. The summed E-state index contributed by atoms with van der Waals surface area (Å²) in [7, 11) is 3.29. The van der Waals surface area contributed by atoms with Crippen molar-refractivity contribution in [3.63, 3.8) is 0 Å². The molecule has 1 saturated heterocycles. The van der Waals surface area contributed by atoms with Gasteiger partial charge in [-0.15, -0.1) is 0 Å². The lowest BCUT2D eigenvalue weighted by atomic mass is 9.86. The van der Waals surface area contributed by atoms with E-state index >= 15 is 0 Å². The van der Waals surface area contributed by atoms with Gasteiger partial charge in [-0.3, -0.25) is 9.59 Å². The minimum absolute atomic E-state index is 0.0220. The fourth-order valence-corrected chi connectivity index (χ4v) is 8.34. The number of piperazine rings is 1. The fourth-order valence-electron chi connectivity index (χ4n) is 8.34. The van der Waals surface area contributed by atoms with Crippen molar-refractivity contribution in [1.29, 1.82) is 0 Å². The predicted molar refractivity (Wildman–Crippen MR) is 220 cm³/mol. The van der Waals surface area contributed by atoms with Gasteiger partial charge < -0.3 is 43.5 Å². The van der Waals surface area contributed by atoms with E-state index in [2.05, 4.69) is 21.0 Å². The van der Waals surface area contributed by atoms with Crippen LogP contribution in [-0.4, -0.2) is 82.2 Å². The van der Waals surface area contributed by atoms with Crippen molar-refractivity contribution in [2.45, 2.75) is 51.7 Å². The number of hydrogen-bond donors (Lipinski definition) is 2. The lowest BCUT2D eigenvalue weighted by Gasteiger charge is -2.46. The van der Waals surface area contributed by atoms with Crippen molar-refractivity contribution in [3.8, 4) is 17.2 Å². The Balaban J connectivity index is 0.000000152. The first kappa shape index (κ1) is 37.7. The first-order valence-corrected chi connectivity index (χ1v) is 19.5. The van der Waals surface area contributed by atoms with Gasteiger partial charge in [0.2, 0.25) is 18.6 Å². The maximum absolute atomic E-state index is 13.1. The van der Waals surface area contributed by atoms with Crippen LogP contribution in [0.3, 0.4) is 0 Å². The summed E-state index contributed by atoms with van der Waals surface area (Å²) in [5.41, 5.74) is 7.81. The van der Waals surface area contributed by atoms with Crippen LogP contribution in [0.1, 0.15) is 58.3 Å². The van der Waals surface area contributed by atoms with Gasteiger partial charge in [-0.25, -0.2) is 9.78 Å². The number of para-hydroxylation sites is 1. The molecule has 0 spiro atoms. The van der Waals surface area contributed by atoms with Crippen molar-refractivity contribution in [1.82, 2.24) is 24.8 Å². The van der Waals surface area contributed by atoms with E-state index in [1.165, 1.54) is 4.90 Å². The maximum atomic E-state index is 13.1. The Morgan fingerprint density at radius 1 is 0.881 bits per heavy atom. The largest absolute Gasteiger partial charge is 0.489 e. The van der Waals surface area contributed by atoms with Crippen LogP contribution in [0.4, 0.5) is 0 Å². The van der Waals surface area contributed by atoms with Crippen LogP contribution in [0.25, 0.3) is 32.7 Å². The lowest BCUT2D eigenvalue weighted by molar-refractivity contribution is -0.157.